The van der Waals surface area contributed by atoms with Gasteiger partial charge in [0.25, 0.3) is 0 Å². The third-order valence-corrected chi connectivity index (χ3v) is 24.9. The predicted octanol–water partition coefficient (Wildman–Crippen LogP) is 3.09. The van der Waals surface area contributed by atoms with Crippen LogP contribution in [0, 0.1) is 23.7 Å². The zero-order valence-corrected chi connectivity index (χ0v) is 81.8. The number of carbonyl (C=O) groups excluding carboxylic acids is 2. The number of aliphatic hydroxyl groups excluding tert-OH is 2. The zero-order valence-electron chi connectivity index (χ0n) is 81.8. The summed E-state index contributed by atoms with van der Waals surface area (Å²) in [6.07, 6.45) is 12.2. The van der Waals surface area contributed by atoms with Crippen LogP contribution in [-0.2, 0) is 54.7 Å². The Morgan fingerprint density at radius 1 is 0.293 bits per heavy atom. The van der Waals surface area contributed by atoms with E-state index in [1.807, 2.05) is 9.80 Å². The molecular weight excluding hydrogens is 1790 g/mol. The van der Waals surface area contributed by atoms with Crippen LogP contribution in [0.2, 0.25) is 0 Å². The second kappa shape index (κ2) is 44.9. The number of morpholine rings is 4. The number of anilines is 12. The van der Waals surface area contributed by atoms with Gasteiger partial charge in [0, 0.05) is 233 Å². The van der Waals surface area contributed by atoms with Gasteiger partial charge in [-0.3, -0.25) is 27.9 Å². The van der Waals surface area contributed by atoms with E-state index in [0.717, 1.165) is 208 Å². The van der Waals surface area contributed by atoms with Crippen molar-refractivity contribution in [3.8, 4) is 45.6 Å². The summed E-state index contributed by atoms with van der Waals surface area (Å²) in [5.41, 5.74) is 32.0. The van der Waals surface area contributed by atoms with Crippen LogP contribution in [0.5, 0.6) is 0 Å². The number of rotatable bonds is 24. The lowest BCUT2D eigenvalue weighted by Gasteiger charge is -2.35. The van der Waals surface area contributed by atoms with Crippen molar-refractivity contribution in [1.29, 1.82) is 0 Å². The van der Waals surface area contributed by atoms with Gasteiger partial charge < -0.3 is 112 Å². The molecule has 0 aliphatic carbocycles. The molecule has 2 amide bonds. The van der Waals surface area contributed by atoms with Crippen LogP contribution in [0.3, 0.4) is 0 Å². The van der Waals surface area contributed by atoms with Crippen molar-refractivity contribution in [1.82, 2.24) is 138 Å². The molecule has 8 fully saturated rings. The molecule has 8 saturated heterocycles. The highest BCUT2D eigenvalue weighted by Gasteiger charge is 2.36. The van der Waals surface area contributed by atoms with Gasteiger partial charge in [-0.05, 0) is 37.5 Å². The third-order valence-electron chi connectivity index (χ3n) is 24.9. The first kappa shape index (κ1) is 98.3. The first-order valence-electron chi connectivity index (χ1n) is 48.9. The van der Waals surface area contributed by atoms with Crippen molar-refractivity contribution in [3.05, 3.63) is 49.6 Å². The Morgan fingerprint density at radius 3 is 0.700 bits per heavy atom. The fourth-order valence-corrected chi connectivity index (χ4v) is 18.1. The number of hydrogen-bond donors (Lipinski definition) is 8. The second-order valence-corrected chi connectivity index (χ2v) is 37.9. The number of nitrogens with two attached hydrogens (primary N) is 4. The summed E-state index contributed by atoms with van der Waals surface area (Å²) in [6.45, 7) is 47.3. The number of imidazole rings is 4. The highest BCUT2D eigenvalue weighted by Crippen LogP contribution is 2.39. The summed E-state index contributed by atoms with van der Waals surface area (Å²) in [4.78, 5) is 140. The predicted molar refractivity (Wildman–Crippen MR) is 535 cm³/mol. The Labute approximate surface area is 811 Å². The molecule has 0 radical (unpaired) electrons. The Bertz CT molecular complexity index is 5770. The zero-order chi connectivity index (χ0) is 97.8. The van der Waals surface area contributed by atoms with E-state index in [-0.39, 0.29) is 48.4 Å². The molecule has 12 aromatic heterocycles. The van der Waals surface area contributed by atoms with Crippen molar-refractivity contribution in [2.75, 3.05) is 272 Å². The smallest absolute Gasteiger partial charge is 0.225 e. The normalized spacial score (nSPS) is 17.5. The third kappa shape index (κ3) is 23.2. The highest BCUT2D eigenvalue weighted by molar-refractivity contribution is 5.92. The molecule has 12 aromatic rings. The van der Waals surface area contributed by atoms with Gasteiger partial charge in [-0.1, -0.05) is 55.4 Å². The molecule has 48 nitrogen and oxygen atoms in total. The van der Waals surface area contributed by atoms with E-state index in [4.69, 9.17) is 102 Å². The van der Waals surface area contributed by atoms with Gasteiger partial charge in [0.05, 0.1) is 100 Å². The number of fused-ring (bicyclic) bond motifs is 4. The minimum Gasteiger partial charge on any atom is -0.393 e. The summed E-state index contributed by atoms with van der Waals surface area (Å²) in [5, 5.41) is 26.1. The molecule has 0 bridgehead atoms. The number of nitrogens with zero attached hydrogens (tertiary/aromatic N) is 34. The number of hydrogen-bond acceptors (Lipinski definition) is 42. The molecule has 20 rings (SSSR count). The minimum absolute atomic E-state index is 0.0221. The molecule has 0 aromatic carbocycles. The number of carbonyl (C=O) groups is 2. The van der Waals surface area contributed by atoms with Crippen molar-refractivity contribution in [2.24, 2.45) is 23.7 Å². The van der Waals surface area contributed by atoms with Crippen LogP contribution in [0.25, 0.3) is 90.2 Å². The maximum absolute atomic E-state index is 12.5. The van der Waals surface area contributed by atoms with Crippen LogP contribution < -0.4 is 72.8 Å². The molecule has 8 aliphatic heterocycles. The summed E-state index contributed by atoms with van der Waals surface area (Å²) in [7, 11) is 0. The van der Waals surface area contributed by atoms with E-state index >= 15 is 0 Å². The van der Waals surface area contributed by atoms with Crippen molar-refractivity contribution in [2.45, 2.75) is 120 Å². The Hall–Kier alpha value is -13.3. The van der Waals surface area contributed by atoms with Crippen LogP contribution in [0.4, 0.5) is 70.9 Å². The van der Waals surface area contributed by atoms with Crippen LogP contribution in [-0.4, -0.2) is 372 Å². The molecule has 12 N–H and O–H groups in total. The van der Waals surface area contributed by atoms with Gasteiger partial charge in [0.2, 0.25) is 59.4 Å². The topological polar surface area (TPSA) is 550 Å². The van der Waals surface area contributed by atoms with E-state index in [1.54, 1.807) is 63.4 Å². The molecular formula is C92H132N40O8. The molecule has 748 valence electrons. The lowest BCUT2D eigenvalue weighted by atomic mass is 10.2. The number of aliphatic hydroxyl groups is 2. The van der Waals surface area contributed by atoms with Gasteiger partial charge in [-0.2, -0.15) is 0 Å². The average molecular weight is 1930 g/mol. The van der Waals surface area contributed by atoms with E-state index < -0.39 is 12.2 Å². The Morgan fingerprint density at radius 2 is 0.500 bits per heavy atom. The summed E-state index contributed by atoms with van der Waals surface area (Å²) in [5.74, 6) is 11.4. The molecule has 140 heavy (non-hydrogen) atoms. The van der Waals surface area contributed by atoms with Crippen molar-refractivity contribution in [3.63, 3.8) is 0 Å². The maximum Gasteiger partial charge on any atom is 0.225 e. The number of nitrogen functional groups attached to an aromatic ring is 4. The minimum atomic E-state index is -0.645. The summed E-state index contributed by atoms with van der Waals surface area (Å²) < 4.78 is 31.2. The fourth-order valence-electron chi connectivity index (χ4n) is 18.1. The molecule has 0 spiro atoms. The van der Waals surface area contributed by atoms with Crippen LogP contribution in [0.15, 0.2) is 49.6 Å². The summed E-state index contributed by atoms with van der Waals surface area (Å²) >= 11 is 0. The van der Waals surface area contributed by atoms with Crippen molar-refractivity contribution >= 4 is 127 Å². The fraction of sp³-hybridized carbons (Fsp3) is 0.587. The standard InChI is InChI=1S/2C25H36N10O3.2C21H30N10O/c2*1-16(2)15-35-23-20(29-25(35)34-6-4-32(5-7-34)19(37)12-17(3)36)22(33-8-10-38-11-9-33)30-21(31-23)18-13-27-24(26)28-14-18;2*1-14(2)13-31-19-16(26-21(31)30-5-3-23-4-6-30)18(29-7-9-32-10-8-29)27-17(28-19)15-11-24-20(22)25-12-15/h2*13-14,16-17,36H,4-12,15H2,1-3H3,(H2,26,27,28);2*11-12,14,23H,3-10,13H2,1-2H3,(H2,22,24,25)/t2*17-;;/m11../s1. The molecule has 8 aliphatic rings. The highest BCUT2D eigenvalue weighted by atomic mass is 16.5. The Kier molecular flexibility index (Phi) is 31.5. The first-order chi connectivity index (χ1) is 67.8. The maximum atomic E-state index is 12.5. The van der Waals surface area contributed by atoms with Gasteiger partial charge >= 0.3 is 0 Å². The Balaban J connectivity index is 0.000000129. The number of amides is 2. The monoisotopic (exact) mass is 1930 g/mol. The molecule has 20 heterocycles. The molecule has 48 heteroatoms. The largest absolute Gasteiger partial charge is 0.393 e. The van der Waals surface area contributed by atoms with E-state index in [1.165, 1.54) is 0 Å². The van der Waals surface area contributed by atoms with Crippen LogP contribution >= 0.6 is 0 Å². The van der Waals surface area contributed by atoms with E-state index in [0.29, 0.717) is 189 Å². The SMILES string of the molecule is CC(C)Cn1c(N2CCN(C(=O)C[C@@H](C)O)CC2)nc2c(N3CCOCC3)nc(-c3cnc(N)nc3)nc21.CC(C)Cn1c(N2CCN(C(=O)C[C@@H](C)O)CC2)nc2c(N3CCOCC3)nc(-c3cnc(N)nc3)nc21.CC(C)Cn1c(N2CCNCC2)nc2c(N3CCOCC3)nc(-c3cnc(N)nc3)nc21.CC(C)Cn1c(N2CCNCC2)nc2c(N3CCOCC3)nc(-c3cnc(N)nc3)nc21. The lowest BCUT2D eigenvalue weighted by molar-refractivity contribution is -0.134. The van der Waals surface area contributed by atoms with E-state index in [9.17, 15) is 19.8 Å². The van der Waals surface area contributed by atoms with Gasteiger partial charge in [-0.15, -0.1) is 0 Å². The number of piperazine rings is 4. The average Bonchev–Trinajstić information content (AvgIpc) is 1.61. The van der Waals surface area contributed by atoms with Crippen LogP contribution in [0.1, 0.15) is 82.1 Å². The molecule has 0 saturated carbocycles. The van der Waals surface area contributed by atoms with Gasteiger partial charge in [-0.25, -0.2) is 99.7 Å². The van der Waals surface area contributed by atoms with Crippen molar-refractivity contribution < 1.29 is 38.7 Å². The molecule has 0 unspecified atom stereocenters. The van der Waals surface area contributed by atoms with Gasteiger partial charge in [0.1, 0.15) is 0 Å². The number of aromatic nitrogens is 24. The molecule has 2 atom stereocenters. The number of nitrogens with one attached hydrogen (secondary N) is 2. The van der Waals surface area contributed by atoms with Gasteiger partial charge in [0.15, 0.2) is 91.2 Å². The summed E-state index contributed by atoms with van der Waals surface area (Å²) in [6, 6.07) is 0. The van der Waals surface area contributed by atoms with E-state index in [2.05, 4.69) is 163 Å². The lowest BCUT2D eigenvalue weighted by Crippen LogP contribution is -2.50. The quantitative estimate of drug-likeness (QED) is 0.0431. The second-order valence-electron chi connectivity index (χ2n) is 37.9. The number of ether oxygens (including phenoxy) is 4. The first-order valence-corrected chi connectivity index (χ1v) is 48.9.